The number of pyridine rings is 1. The standard InChI is InChI=1S/C22H21N5O2/c1-14-13-23-9-8-18(14)22(29)25-19(16-6-4-3-5-7-16)11-17-12-21(28)27-20(24-17)10-15(2)26-27/h3-10,12-13,19,26H,11H2,1-2H3,(H,25,29)/t19-/m1/s1. The Morgan fingerprint density at radius 3 is 2.72 bits per heavy atom. The molecule has 0 radical (unpaired) electrons. The summed E-state index contributed by atoms with van der Waals surface area (Å²) in [5, 5.41) is 6.05. The van der Waals surface area contributed by atoms with E-state index < -0.39 is 0 Å². The molecule has 4 aromatic rings. The van der Waals surface area contributed by atoms with Crippen molar-refractivity contribution in [3.8, 4) is 0 Å². The second kappa shape index (κ2) is 7.71. The summed E-state index contributed by atoms with van der Waals surface area (Å²) in [6.45, 7) is 3.72. The summed E-state index contributed by atoms with van der Waals surface area (Å²) in [5.41, 5.74) is 4.18. The molecule has 0 aliphatic rings. The van der Waals surface area contributed by atoms with Crippen LogP contribution in [0.4, 0.5) is 0 Å². The van der Waals surface area contributed by atoms with Gasteiger partial charge in [0, 0.05) is 42.2 Å². The molecule has 7 heteroatoms. The number of fused-ring (bicyclic) bond motifs is 1. The number of amides is 1. The van der Waals surface area contributed by atoms with Crippen LogP contribution in [0.25, 0.3) is 5.65 Å². The first-order valence-electron chi connectivity index (χ1n) is 9.36. The maximum Gasteiger partial charge on any atom is 0.272 e. The number of carbonyl (C=O) groups is 1. The van der Waals surface area contributed by atoms with Crippen molar-refractivity contribution >= 4 is 11.6 Å². The number of rotatable bonds is 5. The molecule has 2 N–H and O–H groups in total. The van der Waals surface area contributed by atoms with Gasteiger partial charge < -0.3 is 5.32 Å². The molecule has 7 nitrogen and oxygen atoms in total. The average molecular weight is 387 g/mol. The molecular formula is C22H21N5O2. The summed E-state index contributed by atoms with van der Waals surface area (Å²) in [5.74, 6) is -0.186. The lowest BCUT2D eigenvalue weighted by atomic mass is 10.0. The van der Waals surface area contributed by atoms with Crippen molar-refractivity contribution in [1.82, 2.24) is 24.9 Å². The van der Waals surface area contributed by atoms with E-state index in [1.165, 1.54) is 10.6 Å². The molecule has 1 aromatic carbocycles. The fourth-order valence-electron chi connectivity index (χ4n) is 3.38. The number of aromatic nitrogens is 4. The van der Waals surface area contributed by atoms with E-state index in [-0.39, 0.29) is 17.5 Å². The van der Waals surface area contributed by atoms with Crippen molar-refractivity contribution in [2.24, 2.45) is 0 Å². The Morgan fingerprint density at radius 2 is 1.97 bits per heavy atom. The predicted molar refractivity (Wildman–Crippen MR) is 110 cm³/mol. The van der Waals surface area contributed by atoms with Crippen molar-refractivity contribution in [3.63, 3.8) is 0 Å². The van der Waals surface area contributed by atoms with Crippen molar-refractivity contribution < 1.29 is 4.79 Å². The normalized spacial score (nSPS) is 12.1. The van der Waals surface area contributed by atoms with Crippen molar-refractivity contribution in [3.05, 3.63) is 99.4 Å². The van der Waals surface area contributed by atoms with Gasteiger partial charge in [0.25, 0.3) is 11.5 Å². The van der Waals surface area contributed by atoms with Gasteiger partial charge in [0.15, 0.2) is 5.65 Å². The van der Waals surface area contributed by atoms with E-state index in [9.17, 15) is 9.59 Å². The van der Waals surface area contributed by atoms with Gasteiger partial charge in [-0.2, -0.15) is 0 Å². The molecule has 1 amide bonds. The van der Waals surface area contributed by atoms with E-state index in [2.05, 4.69) is 20.4 Å². The van der Waals surface area contributed by atoms with Crippen LogP contribution >= 0.6 is 0 Å². The van der Waals surface area contributed by atoms with Crippen molar-refractivity contribution in [2.45, 2.75) is 26.3 Å². The molecule has 0 unspecified atom stereocenters. The van der Waals surface area contributed by atoms with E-state index in [4.69, 9.17) is 0 Å². The third kappa shape index (κ3) is 3.94. The minimum absolute atomic E-state index is 0.179. The first-order valence-corrected chi connectivity index (χ1v) is 9.36. The van der Waals surface area contributed by atoms with E-state index >= 15 is 0 Å². The number of benzene rings is 1. The number of nitrogens with zero attached hydrogens (tertiary/aromatic N) is 3. The first-order chi connectivity index (χ1) is 14.0. The minimum Gasteiger partial charge on any atom is -0.345 e. The topological polar surface area (TPSA) is 92.2 Å². The highest BCUT2D eigenvalue weighted by atomic mass is 16.1. The minimum atomic E-state index is -0.328. The SMILES string of the molecule is Cc1cc2nc(C[C@@H](NC(=O)c3ccncc3C)c3ccccc3)cc(=O)n2[nH]1. The fourth-order valence-corrected chi connectivity index (χ4v) is 3.38. The highest BCUT2D eigenvalue weighted by molar-refractivity contribution is 5.95. The summed E-state index contributed by atoms with van der Waals surface area (Å²) in [6, 6.07) is 14.4. The number of nitrogens with one attached hydrogen (secondary N) is 2. The molecule has 0 aliphatic carbocycles. The highest BCUT2D eigenvalue weighted by Crippen LogP contribution is 2.19. The zero-order valence-corrected chi connectivity index (χ0v) is 16.2. The first kappa shape index (κ1) is 18.6. The van der Waals surface area contributed by atoms with Crippen LogP contribution in [0.3, 0.4) is 0 Å². The molecule has 0 saturated carbocycles. The number of hydrogen-bond donors (Lipinski definition) is 2. The van der Waals surface area contributed by atoms with Crippen LogP contribution in [0.15, 0.2) is 65.7 Å². The third-order valence-electron chi connectivity index (χ3n) is 4.82. The third-order valence-corrected chi connectivity index (χ3v) is 4.82. The molecule has 4 rings (SSSR count). The molecule has 0 saturated heterocycles. The number of aromatic amines is 1. The Morgan fingerprint density at radius 1 is 1.17 bits per heavy atom. The van der Waals surface area contributed by atoms with Gasteiger partial charge in [-0.05, 0) is 31.0 Å². The molecule has 1 atom stereocenters. The van der Waals surface area contributed by atoms with Crippen LogP contribution in [-0.2, 0) is 6.42 Å². The number of H-pyrrole nitrogens is 1. The monoisotopic (exact) mass is 387 g/mol. The number of hydrogen-bond acceptors (Lipinski definition) is 4. The Kier molecular flexibility index (Phi) is 4.95. The van der Waals surface area contributed by atoms with Gasteiger partial charge in [0.05, 0.1) is 11.7 Å². The van der Waals surface area contributed by atoms with Gasteiger partial charge in [-0.25, -0.2) is 9.50 Å². The van der Waals surface area contributed by atoms with Crippen LogP contribution in [0, 0.1) is 13.8 Å². The Balaban J connectivity index is 1.67. The lowest BCUT2D eigenvalue weighted by Gasteiger charge is -2.19. The number of aryl methyl sites for hydroxylation is 2. The van der Waals surface area contributed by atoms with Gasteiger partial charge in [-0.1, -0.05) is 30.3 Å². The smallest absolute Gasteiger partial charge is 0.272 e. The quantitative estimate of drug-likeness (QED) is 0.551. The van der Waals surface area contributed by atoms with E-state index in [1.54, 1.807) is 18.5 Å². The van der Waals surface area contributed by atoms with Gasteiger partial charge in [0.2, 0.25) is 0 Å². The Hall–Kier alpha value is -3.74. The van der Waals surface area contributed by atoms with Gasteiger partial charge in [0.1, 0.15) is 0 Å². The van der Waals surface area contributed by atoms with Gasteiger partial charge in [-0.15, -0.1) is 0 Å². The van der Waals surface area contributed by atoms with Gasteiger partial charge >= 0.3 is 0 Å². The van der Waals surface area contributed by atoms with Gasteiger partial charge in [-0.3, -0.25) is 19.7 Å². The molecule has 29 heavy (non-hydrogen) atoms. The number of carbonyl (C=O) groups excluding carboxylic acids is 1. The summed E-state index contributed by atoms with van der Waals surface area (Å²) in [7, 11) is 0. The van der Waals surface area contributed by atoms with Crippen LogP contribution in [-0.4, -0.2) is 25.5 Å². The Labute approximate surface area is 167 Å². The summed E-state index contributed by atoms with van der Waals surface area (Å²) < 4.78 is 1.41. The van der Waals surface area contributed by atoms with Crippen LogP contribution in [0.2, 0.25) is 0 Å². The van der Waals surface area contributed by atoms with Crippen LogP contribution in [0.5, 0.6) is 0 Å². The predicted octanol–water partition coefficient (Wildman–Crippen LogP) is 2.75. The molecule has 0 bridgehead atoms. The summed E-state index contributed by atoms with van der Waals surface area (Å²) in [4.78, 5) is 33.9. The lowest BCUT2D eigenvalue weighted by molar-refractivity contribution is 0.0935. The molecule has 3 heterocycles. The molecule has 0 spiro atoms. The average Bonchev–Trinajstić information content (AvgIpc) is 3.09. The van der Waals surface area contributed by atoms with Crippen LogP contribution in [0.1, 0.15) is 38.9 Å². The zero-order chi connectivity index (χ0) is 20.4. The zero-order valence-electron chi connectivity index (χ0n) is 16.2. The second-order valence-electron chi connectivity index (χ2n) is 7.05. The maximum atomic E-state index is 12.9. The molecule has 146 valence electrons. The molecule has 0 fully saturated rings. The Bertz CT molecular complexity index is 1230. The van der Waals surface area contributed by atoms with E-state index in [0.29, 0.717) is 23.3 Å². The van der Waals surface area contributed by atoms with E-state index in [0.717, 1.165) is 16.8 Å². The van der Waals surface area contributed by atoms with Crippen LogP contribution < -0.4 is 10.9 Å². The fraction of sp³-hybridized carbons (Fsp3) is 0.182. The second-order valence-corrected chi connectivity index (χ2v) is 7.05. The van der Waals surface area contributed by atoms with Crippen molar-refractivity contribution in [2.75, 3.05) is 0 Å². The van der Waals surface area contributed by atoms with Crippen molar-refractivity contribution in [1.29, 1.82) is 0 Å². The summed E-state index contributed by atoms with van der Waals surface area (Å²) in [6.07, 6.45) is 3.66. The molecular weight excluding hydrogens is 366 g/mol. The highest BCUT2D eigenvalue weighted by Gasteiger charge is 2.19. The lowest BCUT2D eigenvalue weighted by Crippen LogP contribution is -2.31. The maximum absolute atomic E-state index is 12.9. The molecule has 0 aliphatic heterocycles. The van der Waals surface area contributed by atoms with E-state index in [1.807, 2.05) is 50.2 Å². The summed E-state index contributed by atoms with van der Waals surface area (Å²) >= 11 is 0. The molecule has 3 aromatic heterocycles. The largest absolute Gasteiger partial charge is 0.345 e.